The van der Waals surface area contributed by atoms with E-state index in [-0.39, 0.29) is 23.8 Å². The maximum absolute atomic E-state index is 12.8. The van der Waals surface area contributed by atoms with Crippen molar-refractivity contribution in [2.24, 2.45) is 5.92 Å². The molecule has 1 aromatic carbocycles. The smallest absolute Gasteiger partial charge is 0.260 e. The van der Waals surface area contributed by atoms with Crippen LogP contribution in [0.2, 0.25) is 0 Å². The number of methoxy groups -OCH3 is 1. The summed E-state index contributed by atoms with van der Waals surface area (Å²) < 4.78 is 7.16. The number of ether oxygens (including phenoxy) is 1. The van der Waals surface area contributed by atoms with Crippen molar-refractivity contribution in [3.8, 4) is 5.75 Å². The highest BCUT2D eigenvalue weighted by Gasteiger charge is 2.29. The van der Waals surface area contributed by atoms with E-state index in [9.17, 15) is 9.59 Å². The highest BCUT2D eigenvalue weighted by molar-refractivity contribution is 6.05. The van der Waals surface area contributed by atoms with Crippen LogP contribution in [0.4, 0.5) is 5.82 Å². The third kappa shape index (κ3) is 4.25. The Balaban J connectivity index is 1.39. The van der Waals surface area contributed by atoms with Gasteiger partial charge in [-0.15, -0.1) is 0 Å². The molecule has 30 heavy (non-hydrogen) atoms. The predicted molar refractivity (Wildman–Crippen MR) is 115 cm³/mol. The molecule has 2 heterocycles. The topological polar surface area (TPSA) is 76.5 Å². The number of allylic oxidation sites excluding steroid dienone is 2. The molecule has 4 rings (SSSR count). The molecule has 2 aromatic rings. The SMILES string of the molecule is COc1ccccc1C(=O)Nc1ccnn1C1CCN(C(=O)[C@@H]2CC=CCC2)CC1. The second kappa shape index (κ2) is 9.15. The van der Waals surface area contributed by atoms with Gasteiger partial charge in [0.1, 0.15) is 11.6 Å². The summed E-state index contributed by atoms with van der Waals surface area (Å²) in [7, 11) is 1.55. The van der Waals surface area contributed by atoms with Crippen molar-refractivity contribution < 1.29 is 14.3 Å². The van der Waals surface area contributed by atoms with Crippen LogP contribution in [0.5, 0.6) is 5.75 Å². The van der Waals surface area contributed by atoms with Crippen LogP contribution in [0, 0.1) is 5.92 Å². The monoisotopic (exact) mass is 408 g/mol. The number of hydrogen-bond acceptors (Lipinski definition) is 4. The highest BCUT2D eigenvalue weighted by atomic mass is 16.5. The molecular weight excluding hydrogens is 380 g/mol. The number of hydrogen-bond donors (Lipinski definition) is 1. The van der Waals surface area contributed by atoms with Crippen molar-refractivity contribution in [1.82, 2.24) is 14.7 Å². The lowest BCUT2D eigenvalue weighted by Gasteiger charge is -2.35. The molecule has 1 N–H and O–H groups in total. The van der Waals surface area contributed by atoms with Crippen molar-refractivity contribution in [2.75, 3.05) is 25.5 Å². The van der Waals surface area contributed by atoms with Gasteiger partial charge in [-0.05, 0) is 44.2 Å². The van der Waals surface area contributed by atoms with E-state index in [0.29, 0.717) is 17.1 Å². The molecule has 158 valence electrons. The first kappa shape index (κ1) is 20.2. The number of aromatic nitrogens is 2. The van der Waals surface area contributed by atoms with Crippen LogP contribution in [0.1, 0.15) is 48.5 Å². The van der Waals surface area contributed by atoms with Gasteiger partial charge in [0.05, 0.1) is 24.9 Å². The zero-order chi connectivity index (χ0) is 20.9. The number of carbonyl (C=O) groups is 2. The number of piperidine rings is 1. The fraction of sp³-hybridized carbons (Fsp3) is 0.435. The van der Waals surface area contributed by atoms with Crippen LogP contribution in [0.3, 0.4) is 0 Å². The average molecular weight is 409 g/mol. The third-order valence-corrected chi connectivity index (χ3v) is 6.00. The number of rotatable bonds is 5. The summed E-state index contributed by atoms with van der Waals surface area (Å²) in [6.45, 7) is 1.45. The number of carbonyl (C=O) groups excluding carboxylic acids is 2. The second-order valence-corrected chi connectivity index (χ2v) is 7.85. The van der Waals surface area contributed by atoms with E-state index in [1.165, 1.54) is 0 Å². The first-order chi connectivity index (χ1) is 14.7. The van der Waals surface area contributed by atoms with E-state index in [2.05, 4.69) is 22.6 Å². The molecule has 0 saturated carbocycles. The van der Waals surface area contributed by atoms with E-state index >= 15 is 0 Å². The lowest BCUT2D eigenvalue weighted by atomic mass is 9.92. The van der Waals surface area contributed by atoms with Gasteiger partial charge in [0.25, 0.3) is 5.91 Å². The van der Waals surface area contributed by atoms with Crippen molar-refractivity contribution in [3.05, 3.63) is 54.2 Å². The summed E-state index contributed by atoms with van der Waals surface area (Å²) in [6.07, 6.45) is 10.4. The van der Waals surface area contributed by atoms with E-state index in [1.54, 1.807) is 31.5 Å². The molecule has 1 fully saturated rings. The molecule has 0 bridgehead atoms. The Bertz CT molecular complexity index is 928. The normalized spacial score (nSPS) is 19.5. The van der Waals surface area contributed by atoms with Crippen LogP contribution in [-0.2, 0) is 4.79 Å². The van der Waals surface area contributed by atoms with Gasteiger partial charge in [0.15, 0.2) is 0 Å². The Hall–Kier alpha value is -3.09. The first-order valence-corrected chi connectivity index (χ1v) is 10.6. The molecule has 0 radical (unpaired) electrons. The van der Waals surface area contributed by atoms with Crippen LogP contribution in [0.25, 0.3) is 0 Å². The molecule has 1 aliphatic carbocycles. The molecule has 7 heteroatoms. The maximum Gasteiger partial charge on any atom is 0.260 e. The summed E-state index contributed by atoms with van der Waals surface area (Å²) in [4.78, 5) is 27.5. The van der Waals surface area contributed by atoms with Gasteiger partial charge >= 0.3 is 0 Å². The highest BCUT2D eigenvalue weighted by Crippen LogP contribution is 2.29. The Morgan fingerprint density at radius 2 is 1.90 bits per heavy atom. The van der Waals surface area contributed by atoms with Crippen LogP contribution >= 0.6 is 0 Å². The lowest BCUT2D eigenvalue weighted by Crippen LogP contribution is -2.42. The van der Waals surface area contributed by atoms with Crippen molar-refractivity contribution in [2.45, 2.75) is 38.1 Å². The number of amides is 2. The minimum absolute atomic E-state index is 0.131. The number of nitrogens with zero attached hydrogens (tertiary/aromatic N) is 3. The van der Waals surface area contributed by atoms with Gasteiger partial charge in [-0.25, -0.2) is 4.68 Å². The van der Waals surface area contributed by atoms with Gasteiger partial charge in [-0.3, -0.25) is 9.59 Å². The second-order valence-electron chi connectivity index (χ2n) is 7.85. The van der Waals surface area contributed by atoms with Gasteiger partial charge in [0.2, 0.25) is 5.91 Å². The average Bonchev–Trinajstić information content (AvgIpc) is 3.27. The molecule has 0 spiro atoms. The Morgan fingerprint density at radius 3 is 2.63 bits per heavy atom. The van der Waals surface area contributed by atoms with E-state index in [4.69, 9.17) is 4.74 Å². The Morgan fingerprint density at radius 1 is 1.10 bits per heavy atom. The predicted octanol–water partition coefficient (Wildman–Crippen LogP) is 3.66. The van der Waals surface area contributed by atoms with E-state index in [1.807, 2.05) is 21.7 Å². The largest absolute Gasteiger partial charge is 0.496 e. The zero-order valence-corrected chi connectivity index (χ0v) is 17.3. The van der Waals surface area contributed by atoms with Gasteiger partial charge in [-0.1, -0.05) is 24.3 Å². The molecule has 1 aliphatic heterocycles. The van der Waals surface area contributed by atoms with Crippen molar-refractivity contribution in [3.63, 3.8) is 0 Å². The van der Waals surface area contributed by atoms with Crippen LogP contribution in [0.15, 0.2) is 48.7 Å². The van der Waals surface area contributed by atoms with Gasteiger partial charge in [0, 0.05) is 25.1 Å². The van der Waals surface area contributed by atoms with Gasteiger partial charge in [-0.2, -0.15) is 5.10 Å². The van der Waals surface area contributed by atoms with Crippen molar-refractivity contribution in [1.29, 1.82) is 0 Å². The minimum Gasteiger partial charge on any atom is -0.496 e. The quantitative estimate of drug-likeness (QED) is 0.766. The zero-order valence-electron chi connectivity index (χ0n) is 17.3. The minimum atomic E-state index is -0.229. The first-order valence-electron chi connectivity index (χ1n) is 10.6. The third-order valence-electron chi connectivity index (χ3n) is 6.00. The molecule has 1 atom stereocenters. The Kier molecular flexibility index (Phi) is 6.16. The van der Waals surface area contributed by atoms with Crippen LogP contribution in [-0.4, -0.2) is 46.7 Å². The maximum atomic E-state index is 12.8. The molecule has 2 aliphatic rings. The van der Waals surface area contributed by atoms with Crippen LogP contribution < -0.4 is 10.1 Å². The molecular formula is C23H28N4O3. The number of para-hydroxylation sites is 1. The summed E-state index contributed by atoms with van der Waals surface area (Å²) in [6, 6.07) is 9.10. The van der Waals surface area contributed by atoms with Gasteiger partial charge < -0.3 is 15.0 Å². The van der Waals surface area contributed by atoms with E-state index in [0.717, 1.165) is 45.2 Å². The standard InChI is InChI=1S/C23H28N4O3/c1-30-20-10-6-5-9-19(20)22(28)25-21-11-14-24-27(21)18-12-15-26(16-13-18)23(29)17-7-3-2-4-8-17/h2-3,5-6,9-11,14,17-18H,4,7-8,12-13,15-16H2,1H3,(H,25,28)/t17-/m1/s1. The fourth-order valence-electron chi connectivity index (χ4n) is 4.33. The lowest BCUT2D eigenvalue weighted by molar-refractivity contribution is -0.137. The number of nitrogens with one attached hydrogen (secondary N) is 1. The fourth-order valence-corrected chi connectivity index (χ4v) is 4.33. The molecule has 2 amide bonds. The van der Waals surface area contributed by atoms with E-state index < -0.39 is 0 Å². The summed E-state index contributed by atoms with van der Waals surface area (Å²) in [5.41, 5.74) is 0.481. The number of likely N-dealkylation sites (tertiary alicyclic amines) is 1. The Labute approximate surface area is 176 Å². The number of anilines is 1. The number of benzene rings is 1. The molecule has 0 unspecified atom stereocenters. The van der Waals surface area contributed by atoms with Crippen molar-refractivity contribution >= 4 is 17.6 Å². The molecule has 7 nitrogen and oxygen atoms in total. The molecule has 1 saturated heterocycles. The molecule has 1 aromatic heterocycles. The summed E-state index contributed by atoms with van der Waals surface area (Å²) in [5, 5.41) is 7.40. The summed E-state index contributed by atoms with van der Waals surface area (Å²) in [5.74, 6) is 1.38. The summed E-state index contributed by atoms with van der Waals surface area (Å²) >= 11 is 0.